The molecule has 0 heterocycles. The van der Waals surface area contributed by atoms with Gasteiger partial charge in [0.15, 0.2) is 27.4 Å². The average Bonchev–Trinajstić information content (AvgIpc) is 2.45. The fourth-order valence-corrected chi connectivity index (χ4v) is 1.46. The van der Waals surface area contributed by atoms with Crippen LogP contribution in [0.2, 0.25) is 0 Å². The Morgan fingerprint density at radius 1 is 0.440 bits per heavy atom. The maximum atomic E-state index is 13.8. The van der Waals surface area contributed by atoms with E-state index in [1.807, 2.05) is 0 Å². The molecule has 0 atom stereocenters. The Kier molecular flexibility index (Phi) is 7.81. The summed E-state index contributed by atoms with van der Waals surface area (Å²) in [4.78, 5) is 0. The summed E-state index contributed by atoms with van der Waals surface area (Å²) in [7, 11) is 0. The zero-order valence-electron chi connectivity index (χ0n) is 11.5. The Bertz CT molecular complexity index is 379. The lowest BCUT2D eigenvalue weighted by atomic mass is 9.98. The van der Waals surface area contributed by atoms with Crippen LogP contribution in [0.1, 0.15) is 0 Å². The van der Waals surface area contributed by atoms with Crippen molar-refractivity contribution in [3.63, 3.8) is 0 Å². The summed E-state index contributed by atoms with van der Waals surface area (Å²) in [6.45, 7) is -11.4. The molecule has 0 aromatic rings. The molecular formula is C9H8F12O4. The molecule has 4 nitrogen and oxygen atoms in total. The second kappa shape index (κ2) is 8.13. The first-order valence-electron chi connectivity index (χ1n) is 5.55. The van der Waals surface area contributed by atoms with Gasteiger partial charge in [0.1, 0.15) is 0 Å². The zero-order chi connectivity index (χ0) is 20.2. The Balaban J connectivity index is 6.56. The molecule has 0 saturated carbocycles. The number of rotatable bonds is 12. The van der Waals surface area contributed by atoms with E-state index in [0.717, 1.165) is 0 Å². The molecule has 0 aliphatic heterocycles. The molecule has 0 fully saturated rings. The quantitative estimate of drug-likeness (QED) is 0.363. The first-order valence-corrected chi connectivity index (χ1v) is 5.55. The van der Waals surface area contributed by atoms with Crippen LogP contribution in [0, 0.1) is 0 Å². The third-order valence-electron chi connectivity index (χ3n) is 2.55. The molecule has 0 N–H and O–H groups in total. The minimum absolute atomic E-state index is 2.51. The highest BCUT2D eigenvalue weighted by molar-refractivity contribution is 5.06. The second-order valence-electron chi connectivity index (χ2n) is 3.81. The van der Waals surface area contributed by atoms with Crippen molar-refractivity contribution < 1.29 is 71.6 Å². The van der Waals surface area contributed by atoms with Gasteiger partial charge in [0.25, 0.3) is 0 Å². The smallest absolute Gasteiger partial charge is 0.308 e. The summed E-state index contributed by atoms with van der Waals surface area (Å²) in [5, 5.41) is 0. The molecule has 25 heavy (non-hydrogen) atoms. The van der Waals surface area contributed by atoms with Gasteiger partial charge in [-0.15, -0.1) is 0 Å². The minimum Gasteiger partial charge on any atom is -0.308 e. The maximum absolute atomic E-state index is 13.8. The van der Waals surface area contributed by atoms with Crippen LogP contribution in [0.15, 0.2) is 0 Å². The largest absolute Gasteiger partial charge is 0.427 e. The van der Waals surface area contributed by atoms with Gasteiger partial charge in [0.05, 0.1) is 0 Å². The van der Waals surface area contributed by atoms with Crippen LogP contribution in [-0.2, 0) is 18.9 Å². The molecule has 0 spiro atoms. The van der Waals surface area contributed by atoms with Crippen LogP contribution in [0.3, 0.4) is 0 Å². The van der Waals surface area contributed by atoms with E-state index in [1.54, 1.807) is 0 Å². The van der Waals surface area contributed by atoms with Crippen molar-refractivity contribution in [2.24, 2.45) is 0 Å². The van der Waals surface area contributed by atoms with Gasteiger partial charge in [-0.2, -0.15) is 35.1 Å². The van der Waals surface area contributed by atoms with E-state index < -0.39 is 57.3 Å². The molecule has 0 amide bonds. The summed E-state index contributed by atoms with van der Waals surface area (Å²) >= 11 is 0. The predicted octanol–water partition coefficient (Wildman–Crippen LogP) is 3.91. The standard InChI is InChI=1S/C9H8F12O4/c10-1-22-7(23-2-11,5(14,15)8(18,19)24-3-12)6(16,17)9(20,21)25-4-13/h1-4H2. The molecule has 0 rings (SSSR count). The van der Waals surface area contributed by atoms with E-state index in [2.05, 4.69) is 18.9 Å². The van der Waals surface area contributed by atoms with E-state index in [9.17, 15) is 52.7 Å². The predicted molar refractivity (Wildman–Crippen MR) is 50.8 cm³/mol. The highest BCUT2D eigenvalue weighted by Crippen LogP contribution is 2.57. The summed E-state index contributed by atoms with van der Waals surface area (Å²) in [5.74, 6) is -19.8. The molecule has 16 heteroatoms. The van der Waals surface area contributed by atoms with Gasteiger partial charge in [-0.1, -0.05) is 0 Å². The third-order valence-corrected chi connectivity index (χ3v) is 2.55. The van der Waals surface area contributed by atoms with Gasteiger partial charge in [0.2, 0.25) is 0 Å². The van der Waals surface area contributed by atoms with Crippen LogP contribution in [0.5, 0.6) is 0 Å². The Hall–Kier alpha value is -1.00. The van der Waals surface area contributed by atoms with Gasteiger partial charge >= 0.3 is 29.8 Å². The summed E-state index contributed by atoms with van der Waals surface area (Å²) in [6, 6.07) is 0. The van der Waals surface area contributed by atoms with Crippen molar-refractivity contribution in [2.75, 3.05) is 27.4 Å². The van der Waals surface area contributed by atoms with E-state index in [1.165, 1.54) is 0 Å². The van der Waals surface area contributed by atoms with Gasteiger partial charge in [-0.3, -0.25) is 9.47 Å². The van der Waals surface area contributed by atoms with Crippen molar-refractivity contribution in [3.05, 3.63) is 0 Å². The van der Waals surface area contributed by atoms with Crippen molar-refractivity contribution in [2.45, 2.75) is 29.8 Å². The lowest BCUT2D eigenvalue weighted by molar-refractivity contribution is -0.525. The van der Waals surface area contributed by atoms with E-state index in [4.69, 9.17) is 0 Å². The summed E-state index contributed by atoms with van der Waals surface area (Å²) in [5.41, 5.74) is 0. The van der Waals surface area contributed by atoms with Gasteiger partial charge in [-0.25, -0.2) is 17.6 Å². The molecule has 0 aliphatic rings. The van der Waals surface area contributed by atoms with Crippen molar-refractivity contribution in [1.82, 2.24) is 0 Å². The normalized spacial score (nSPS) is 14.9. The summed E-state index contributed by atoms with van der Waals surface area (Å²) < 4.78 is 166. The van der Waals surface area contributed by atoms with Crippen molar-refractivity contribution >= 4 is 0 Å². The molecule has 0 aromatic heterocycles. The average molecular weight is 408 g/mol. The molecular weight excluding hydrogens is 400 g/mol. The van der Waals surface area contributed by atoms with E-state index in [0.29, 0.717) is 0 Å². The molecule has 0 aromatic carbocycles. The van der Waals surface area contributed by atoms with Crippen LogP contribution in [0.4, 0.5) is 52.7 Å². The molecule has 0 aliphatic carbocycles. The topological polar surface area (TPSA) is 36.9 Å². The number of halogens is 12. The SMILES string of the molecule is FCOC(F)(F)C(F)(F)C(OCF)(OCF)C(F)(F)C(F)(F)OCF. The van der Waals surface area contributed by atoms with Crippen LogP contribution >= 0.6 is 0 Å². The van der Waals surface area contributed by atoms with Gasteiger partial charge in [0, 0.05) is 0 Å². The Labute approximate surface area is 130 Å². The molecule has 0 radical (unpaired) electrons. The van der Waals surface area contributed by atoms with Gasteiger partial charge in [-0.05, 0) is 0 Å². The zero-order valence-corrected chi connectivity index (χ0v) is 11.5. The van der Waals surface area contributed by atoms with E-state index >= 15 is 0 Å². The fourth-order valence-electron chi connectivity index (χ4n) is 1.46. The molecule has 0 unspecified atom stereocenters. The summed E-state index contributed by atoms with van der Waals surface area (Å²) in [6.07, 6.45) is -12.8. The monoisotopic (exact) mass is 408 g/mol. The maximum Gasteiger partial charge on any atom is 0.427 e. The second-order valence-corrected chi connectivity index (χ2v) is 3.81. The Morgan fingerprint density at radius 2 is 0.680 bits per heavy atom. The van der Waals surface area contributed by atoms with Crippen LogP contribution < -0.4 is 0 Å². The van der Waals surface area contributed by atoms with Crippen LogP contribution in [-0.4, -0.2) is 57.3 Å². The number of hydrogen-bond acceptors (Lipinski definition) is 4. The highest BCUT2D eigenvalue weighted by Gasteiger charge is 2.87. The first-order chi connectivity index (χ1) is 11.2. The van der Waals surface area contributed by atoms with Crippen molar-refractivity contribution in [3.8, 4) is 0 Å². The lowest BCUT2D eigenvalue weighted by Gasteiger charge is -2.45. The molecule has 0 bridgehead atoms. The highest BCUT2D eigenvalue weighted by atomic mass is 19.3. The number of hydrogen-bond donors (Lipinski definition) is 0. The van der Waals surface area contributed by atoms with E-state index in [-0.39, 0.29) is 0 Å². The molecule has 152 valence electrons. The minimum atomic E-state index is -6.85. The number of alkyl halides is 12. The molecule has 0 saturated heterocycles. The lowest BCUT2D eigenvalue weighted by Crippen LogP contribution is -2.74. The third kappa shape index (κ3) is 3.90. The first kappa shape index (κ1) is 24.0. The van der Waals surface area contributed by atoms with Crippen molar-refractivity contribution in [1.29, 1.82) is 0 Å². The number of ether oxygens (including phenoxy) is 4. The fraction of sp³-hybridized carbons (Fsp3) is 1.00. The van der Waals surface area contributed by atoms with Crippen LogP contribution in [0.25, 0.3) is 0 Å². The Morgan fingerprint density at radius 3 is 0.880 bits per heavy atom. The van der Waals surface area contributed by atoms with Gasteiger partial charge < -0.3 is 9.47 Å².